The Hall–Kier alpha value is -2.13. The van der Waals surface area contributed by atoms with Crippen molar-refractivity contribution >= 4 is 5.96 Å². The van der Waals surface area contributed by atoms with E-state index in [1.165, 1.54) is 12.1 Å². The van der Waals surface area contributed by atoms with Crippen molar-refractivity contribution in [2.24, 2.45) is 10.9 Å². The van der Waals surface area contributed by atoms with Gasteiger partial charge in [-0.1, -0.05) is 13.8 Å². The summed E-state index contributed by atoms with van der Waals surface area (Å²) in [7, 11) is 0. The molecule has 5 nitrogen and oxygen atoms in total. The summed E-state index contributed by atoms with van der Waals surface area (Å²) >= 11 is 0. The van der Waals surface area contributed by atoms with E-state index in [4.69, 9.17) is 5.26 Å². The number of nitriles is 1. The van der Waals surface area contributed by atoms with Gasteiger partial charge < -0.3 is 10.2 Å². The van der Waals surface area contributed by atoms with Crippen molar-refractivity contribution in [3.8, 4) is 6.07 Å². The quantitative estimate of drug-likeness (QED) is 0.658. The summed E-state index contributed by atoms with van der Waals surface area (Å²) in [6.07, 6.45) is 0. The molecule has 1 aliphatic heterocycles. The second-order valence-corrected chi connectivity index (χ2v) is 6.77. The Morgan fingerprint density at radius 2 is 2.04 bits per heavy atom. The molecular formula is C19H28FN5. The zero-order chi connectivity index (χ0) is 18.2. The average molecular weight is 345 g/mol. The van der Waals surface area contributed by atoms with Crippen LogP contribution in [-0.4, -0.2) is 55.0 Å². The van der Waals surface area contributed by atoms with Crippen LogP contribution in [0.4, 0.5) is 4.39 Å². The van der Waals surface area contributed by atoms with E-state index in [0.717, 1.165) is 45.2 Å². The van der Waals surface area contributed by atoms with Crippen molar-refractivity contribution in [2.45, 2.75) is 27.3 Å². The van der Waals surface area contributed by atoms with E-state index >= 15 is 0 Å². The zero-order valence-corrected chi connectivity index (χ0v) is 15.4. The van der Waals surface area contributed by atoms with Crippen LogP contribution in [0.25, 0.3) is 0 Å². The summed E-state index contributed by atoms with van der Waals surface area (Å²) in [6, 6.07) is 6.44. The summed E-state index contributed by atoms with van der Waals surface area (Å²) < 4.78 is 13.9. The van der Waals surface area contributed by atoms with Crippen LogP contribution in [0.3, 0.4) is 0 Å². The van der Waals surface area contributed by atoms with Crippen molar-refractivity contribution in [3.63, 3.8) is 0 Å². The molecule has 2 rings (SSSR count). The number of hydrogen-bond acceptors (Lipinski definition) is 3. The van der Waals surface area contributed by atoms with E-state index in [9.17, 15) is 4.39 Å². The van der Waals surface area contributed by atoms with Crippen LogP contribution in [0, 0.1) is 23.1 Å². The van der Waals surface area contributed by atoms with E-state index in [-0.39, 0.29) is 12.4 Å². The second-order valence-electron chi connectivity index (χ2n) is 6.77. The highest BCUT2D eigenvalue weighted by Gasteiger charge is 2.20. The molecule has 0 bridgehead atoms. The van der Waals surface area contributed by atoms with Gasteiger partial charge in [0.2, 0.25) is 0 Å². The minimum atomic E-state index is -0.319. The molecule has 0 saturated carbocycles. The van der Waals surface area contributed by atoms with Gasteiger partial charge in [-0.05, 0) is 31.0 Å². The SMILES string of the molecule is CCNC(=NCc1cc(C#N)ccc1F)N1CCN(CC(C)C)CC1. The first-order chi connectivity index (χ1) is 12.0. The van der Waals surface area contributed by atoms with Gasteiger partial charge in [-0.2, -0.15) is 5.26 Å². The Morgan fingerprint density at radius 1 is 1.32 bits per heavy atom. The Kier molecular flexibility index (Phi) is 7.20. The molecule has 1 heterocycles. The van der Waals surface area contributed by atoms with E-state index in [1.54, 1.807) is 6.07 Å². The number of halogens is 1. The van der Waals surface area contributed by atoms with Crippen molar-refractivity contribution in [2.75, 3.05) is 39.3 Å². The fourth-order valence-electron chi connectivity index (χ4n) is 3.01. The maximum atomic E-state index is 13.9. The van der Waals surface area contributed by atoms with Crippen LogP contribution in [0.5, 0.6) is 0 Å². The third-order valence-electron chi connectivity index (χ3n) is 4.20. The first-order valence-electron chi connectivity index (χ1n) is 8.97. The zero-order valence-electron chi connectivity index (χ0n) is 15.4. The Morgan fingerprint density at radius 3 is 2.64 bits per heavy atom. The number of aliphatic imine (C=N–C) groups is 1. The Labute approximate surface area is 150 Å². The highest BCUT2D eigenvalue weighted by molar-refractivity contribution is 5.80. The lowest BCUT2D eigenvalue weighted by Crippen LogP contribution is -2.53. The fourth-order valence-corrected chi connectivity index (χ4v) is 3.01. The van der Waals surface area contributed by atoms with E-state index in [1.807, 2.05) is 13.0 Å². The molecule has 6 heteroatoms. The van der Waals surface area contributed by atoms with Crippen LogP contribution in [0.15, 0.2) is 23.2 Å². The number of guanidine groups is 1. The monoisotopic (exact) mass is 345 g/mol. The van der Waals surface area contributed by atoms with Crippen molar-refractivity contribution in [1.82, 2.24) is 15.1 Å². The molecule has 1 aromatic rings. The van der Waals surface area contributed by atoms with Gasteiger partial charge in [-0.15, -0.1) is 0 Å². The van der Waals surface area contributed by atoms with Gasteiger partial charge in [0.15, 0.2) is 5.96 Å². The Bertz CT molecular complexity index is 627. The molecule has 0 atom stereocenters. The number of hydrogen-bond donors (Lipinski definition) is 1. The van der Waals surface area contributed by atoms with Gasteiger partial charge in [-0.3, -0.25) is 4.90 Å². The van der Waals surface area contributed by atoms with Crippen molar-refractivity contribution in [1.29, 1.82) is 5.26 Å². The summed E-state index contributed by atoms with van der Waals surface area (Å²) in [5.41, 5.74) is 0.909. The molecule has 0 amide bonds. The lowest BCUT2D eigenvalue weighted by molar-refractivity contribution is 0.164. The molecule has 0 unspecified atom stereocenters. The van der Waals surface area contributed by atoms with Gasteiger partial charge in [0.05, 0.1) is 18.2 Å². The molecule has 136 valence electrons. The van der Waals surface area contributed by atoms with E-state index in [0.29, 0.717) is 17.0 Å². The molecule has 1 aromatic carbocycles. The van der Waals surface area contributed by atoms with Crippen LogP contribution < -0.4 is 5.32 Å². The highest BCUT2D eigenvalue weighted by atomic mass is 19.1. The number of rotatable bonds is 5. The van der Waals surface area contributed by atoms with Gasteiger partial charge in [0, 0.05) is 44.8 Å². The van der Waals surface area contributed by atoms with E-state index < -0.39 is 0 Å². The Balaban J connectivity index is 2.03. The second kappa shape index (κ2) is 9.38. The van der Waals surface area contributed by atoms with Crippen molar-refractivity contribution in [3.05, 3.63) is 35.1 Å². The topological polar surface area (TPSA) is 54.7 Å². The number of piperazine rings is 1. The largest absolute Gasteiger partial charge is 0.357 e. The molecule has 1 aliphatic rings. The summed E-state index contributed by atoms with van der Waals surface area (Å²) in [5.74, 6) is 1.16. The molecule has 1 N–H and O–H groups in total. The maximum Gasteiger partial charge on any atom is 0.194 e. The molecule has 0 spiro atoms. The molecule has 25 heavy (non-hydrogen) atoms. The van der Waals surface area contributed by atoms with Crippen LogP contribution >= 0.6 is 0 Å². The van der Waals surface area contributed by atoms with Crippen LogP contribution in [0.2, 0.25) is 0 Å². The third kappa shape index (κ3) is 5.71. The predicted octanol–water partition coefficient (Wildman–Crippen LogP) is 2.44. The molecule has 0 aliphatic carbocycles. The van der Waals surface area contributed by atoms with Gasteiger partial charge in [-0.25, -0.2) is 9.38 Å². The molecule has 0 radical (unpaired) electrons. The summed E-state index contributed by atoms with van der Waals surface area (Å²) in [4.78, 5) is 9.29. The summed E-state index contributed by atoms with van der Waals surface area (Å²) in [5, 5.41) is 12.3. The average Bonchev–Trinajstić information content (AvgIpc) is 2.60. The third-order valence-corrected chi connectivity index (χ3v) is 4.20. The van der Waals surface area contributed by atoms with Gasteiger partial charge in [0.25, 0.3) is 0 Å². The summed E-state index contributed by atoms with van der Waals surface area (Å²) in [6.45, 7) is 12.5. The first kappa shape index (κ1) is 19.2. The molecule has 1 fully saturated rings. The maximum absolute atomic E-state index is 13.9. The first-order valence-corrected chi connectivity index (χ1v) is 8.97. The standard InChI is InChI=1S/C19H28FN5/c1-4-22-19(25-9-7-24(8-10-25)14-15(2)3)23-13-17-11-16(12-21)5-6-18(17)20/h5-6,11,15H,4,7-10,13-14H2,1-3H3,(H,22,23). The van der Waals surface area contributed by atoms with Gasteiger partial charge in [0.1, 0.15) is 5.82 Å². The molecule has 0 aromatic heterocycles. The van der Waals surface area contributed by atoms with E-state index in [2.05, 4.69) is 34.0 Å². The predicted molar refractivity (Wildman–Crippen MR) is 98.8 cm³/mol. The number of benzene rings is 1. The molecular weight excluding hydrogens is 317 g/mol. The van der Waals surface area contributed by atoms with Gasteiger partial charge >= 0.3 is 0 Å². The number of nitrogens with one attached hydrogen (secondary N) is 1. The lowest BCUT2D eigenvalue weighted by Gasteiger charge is -2.37. The normalized spacial score (nSPS) is 16.2. The van der Waals surface area contributed by atoms with Crippen molar-refractivity contribution < 1.29 is 4.39 Å². The highest BCUT2D eigenvalue weighted by Crippen LogP contribution is 2.12. The smallest absolute Gasteiger partial charge is 0.194 e. The minimum absolute atomic E-state index is 0.232. The number of nitrogens with zero attached hydrogens (tertiary/aromatic N) is 4. The molecule has 1 saturated heterocycles. The van der Waals surface area contributed by atoms with Crippen LogP contribution in [0.1, 0.15) is 31.9 Å². The lowest BCUT2D eigenvalue weighted by atomic mass is 10.1. The minimum Gasteiger partial charge on any atom is -0.357 e. The van der Waals surface area contributed by atoms with Crippen LogP contribution in [-0.2, 0) is 6.54 Å². The fraction of sp³-hybridized carbons (Fsp3) is 0.579.